The summed E-state index contributed by atoms with van der Waals surface area (Å²) >= 11 is 0. The summed E-state index contributed by atoms with van der Waals surface area (Å²) < 4.78 is 40.8. The van der Waals surface area contributed by atoms with Crippen molar-refractivity contribution < 1.29 is 22.7 Å². The summed E-state index contributed by atoms with van der Waals surface area (Å²) in [5, 5.41) is 3.62. The predicted octanol–water partition coefficient (Wildman–Crippen LogP) is 4.24. The summed E-state index contributed by atoms with van der Waals surface area (Å²) in [4.78, 5) is 16.7. The molecule has 0 aliphatic heterocycles. The molecule has 0 radical (unpaired) electrons. The molecule has 1 N–H and O–H groups in total. The molecule has 0 bridgehead atoms. The molecule has 0 unspecified atom stereocenters. The first kappa shape index (κ1) is 18.8. The van der Waals surface area contributed by atoms with E-state index in [-0.39, 0.29) is 12.5 Å². The van der Waals surface area contributed by atoms with Crippen molar-refractivity contribution in [2.45, 2.75) is 19.3 Å². The molecule has 2 aromatic carbocycles. The van der Waals surface area contributed by atoms with E-state index < -0.39 is 12.8 Å². The Bertz CT molecular complexity index is 919. The average molecular weight is 374 g/mol. The van der Waals surface area contributed by atoms with Crippen LogP contribution in [0.25, 0.3) is 10.9 Å². The predicted molar refractivity (Wildman–Crippen MR) is 95.1 cm³/mol. The van der Waals surface area contributed by atoms with Gasteiger partial charge in [0.2, 0.25) is 0 Å². The summed E-state index contributed by atoms with van der Waals surface area (Å²) in [5.41, 5.74) is 2.75. The lowest BCUT2D eigenvalue weighted by Crippen LogP contribution is -2.23. The molecule has 4 nitrogen and oxygen atoms in total. The van der Waals surface area contributed by atoms with Crippen molar-refractivity contribution >= 4 is 16.8 Å². The molecular weight excluding hydrogens is 357 g/mol. The highest BCUT2D eigenvalue weighted by Crippen LogP contribution is 2.17. The topological polar surface area (TPSA) is 51.2 Å². The van der Waals surface area contributed by atoms with E-state index in [9.17, 15) is 18.0 Å². The van der Waals surface area contributed by atoms with Crippen LogP contribution in [0.2, 0.25) is 0 Å². The summed E-state index contributed by atoms with van der Waals surface area (Å²) in [6.45, 7) is -1.08. The van der Waals surface area contributed by atoms with E-state index >= 15 is 0 Å². The number of carbonyl (C=O) groups is 1. The smallest absolute Gasteiger partial charge is 0.367 e. The minimum Gasteiger partial charge on any atom is -0.367 e. The highest BCUT2D eigenvalue weighted by atomic mass is 19.4. The Morgan fingerprint density at radius 1 is 1.00 bits per heavy atom. The lowest BCUT2D eigenvalue weighted by Gasteiger charge is -2.09. The molecule has 0 spiro atoms. The number of carbonyl (C=O) groups excluding carboxylic acids is 1. The number of halogens is 3. The maximum Gasteiger partial charge on any atom is 0.411 e. The minimum atomic E-state index is -4.33. The fraction of sp³-hybridized carbons (Fsp3) is 0.200. The Balaban J connectivity index is 1.57. The number of benzene rings is 2. The Labute approximate surface area is 154 Å². The first-order valence-corrected chi connectivity index (χ1v) is 8.27. The summed E-state index contributed by atoms with van der Waals surface area (Å²) in [5.74, 6) is -0.216. The Morgan fingerprint density at radius 2 is 1.74 bits per heavy atom. The van der Waals surface area contributed by atoms with Gasteiger partial charge in [-0.1, -0.05) is 36.4 Å². The van der Waals surface area contributed by atoms with Crippen molar-refractivity contribution in [2.75, 3.05) is 6.61 Å². The van der Waals surface area contributed by atoms with E-state index in [0.29, 0.717) is 17.7 Å². The normalized spacial score (nSPS) is 11.5. The zero-order valence-electron chi connectivity index (χ0n) is 14.3. The number of fused-ring (bicyclic) bond motifs is 1. The molecule has 3 aromatic rings. The van der Waals surface area contributed by atoms with Gasteiger partial charge in [-0.15, -0.1) is 0 Å². The van der Waals surface area contributed by atoms with Gasteiger partial charge in [-0.25, -0.2) is 0 Å². The van der Waals surface area contributed by atoms with Crippen LogP contribution in [0.15, 0.2) is 60.8 Å². The first-order chi connectivity index (χ1) is 12.9. The van der Waals surface area contributed by atoms with E-state index in [0.717, 1.165) is 16.5 Å². The number of hydrogen-bond donors (Lipinski definition) is 1. The van der Waals surface area contributed by atoms with Gasteiger partial charge in [0, 0.05) is 23.7 Å². The van der Waals surface area contributed by atoms with Crippen LogP contribution in [0, 0.1) is 0 Å². The standard InChI is InChI=1S/C20H17F3N2O2/c21-20(22,23)13-27-12-15-8-6-14(7-9-15)11-25-19(26)17-3-1-5-18-16(17)4-2-10-24-18/h1-10H,11-13H2,(H,25,26). The third-order valence-corrected chi connectivity index (χ3v) is 3.90. The summed E-state index contributed by atoms with van der Waals surface area (Å²) in [7, 11) is 0. The van der Waals surface area contributed by atoms with Crippen LogP contribution >= 0.6 is 0 Å². The van der Waals surface area contributed by atoms with Gasteiger partial charge in [0.25, 0.3) is 5.91 Å². The molecule has 0 aliphatic rings. The number of nitrogens with zero attached hydrogens (tertiary/aromatic N) is 1. The molecule has 3 rings (SSSR count). The molecule has 1 heterocycles. The number of nitrogens with one attached hydrogen (secondary N) is 1. The maximum atomic E-state index is 12.5. The van der Waals surface area contributed by atoms with Gasteiger partial charge < -0.3 is 10.1 Å². The van der Waals surface area contributed by atoms with Crippen LogP contribution in [-0.4, -0.2) is 23.7 Å². The lowest BCUT2D eigenvalue weighted by atomic mass is 10.1. The van der Waals surface area contributed by atoms with Crippen molar-refractivity contribution in [2.24, 2.45) is 0 Å². The minimum absolute atomic E-state index is 0.116. The third-order valence-electron chi connectivity index (χ3n) is 3.90. The second-order valence-electron chi connectivity index (χ2n) is 5.98. The molecule has 0 fully saturated rings. The van der Waals surface area contributed by atoms with Gasteiger partial charge in [0.05, 0.1) is 12.1 Å². The Kier molecular flexibility index (Phi) is 5.71. The fourth-order valence-corrected chi connectivity index (χ4v) is 2.62. The number of ether oxygens (including phenoxy) is 1. The van der Waals surface area contributed by atoms with Crippen LogP contribution in [-0.2, 0) is 17.9 Å². The molecular formula is C20H17F3N2O2. The fourth-order valence-electron chi connectivity index (χ4n) is 2.62. The third kappa shape index (κ3) is 5.27. The van der Waals surface area contributed by atoms with E-state index in [1.165, 1.54) is 0 Å². The quantitative estimate of drug-likeness (QED) is 0.702. The second-order valence-corrected chi connectivity index (χ2v) is 5.98. The molecule has 1 amide bonds. The molecule has 0 saturated heterocycles. The van der Waals surface area contributed by atoms with Crippen molar-refractivity contribution in [3.8, 4) is 0 Å². The molecule has 0 atom stereocenters. The SMILES string of the molecule is O=C(NCc1ccc(COCC(F)(F)F)cc1)c1cccc2ncccc12. The molecule has 27 heavy (non-hydrogen) atoms. The van der Waals surface area contributed by atoms with E-state index in [1.54, 1.807) is 48.7 Å². The average Bonchev–Trinajstić information content (AvgIpc) is 2.65. The Morgan fingerprint density at radius 3 is 2.48 bits per heavy atom. The zero-order chi connectivity index (χ0) is 19.3. The van der Waals surface area contributed by atoms with Gasteiger partial charge in [-0.05, 0) is 29.3 Å². The highest BCUT2D eigenvalue weighted by Gasteiger charge is 2.27. The van der Waals surface area contributed by atoms with Gasteiger partial charge in [-0.3, -0.25) is 9.78 Å². The number of hydrogen-bond acceptors (Lipinski definition) is 3. The van der Waals surface area contributed by atoms with Gasteiger partial charge >= 0.3 is 6.18 Å². The molecule has 0 aliphatic carbocycles. The summed E-state index contributed by atoms with van der Waals surface area (Å²) in [6, 6.07) is 15.8. The maximum absolute atomic E-state index is 12.5. The number of pyridine rings is 1. The van der Waals surface area contributed by atoms with E-state index in [4.69, 9.17) is 0 Å². The van der Waals surface area contributed by atoms with E-state index in [1.807, 2.05) is 12.1 Å². The molecule has 0 saturated carbocycles. The zero-order valence-corrected chi connectivity index (χ0v) is 14.3. The monoisotopic (exact) mass is 374 g/mol. The van der Waals surface area contributed by atoms with Crippen molar-refractivity contribution in [1.29, 1.82) is 0 Å². The largest absolute Gasteiger partial charge is 0.411 e. The van der Waals surface area contributed by atoms with Gasteiger partial charge in [0.15, 0.2) is 0 Å². The van der Waals surface area contributed by atoms with Crippen molar-refractivity contribution in [1.82, 2.24) is 10.3 Å². The second kappa shape index (κ2) is 8.18. The molecule has 1 aromatic heterocycles. The number of alkyl halides is 3. The molecule has 7 heteroatoms. The van der Waals surface area contributed by atoms with Crippen LogP contribution < -0.4 is 5.32 Å². The number of rotatable bonds is 6. The van der Waals surface area contributed by atoms with Crippen molar-refractivity contribution in [3.05, 3.63) is 77.5 Å². The number of aromatic nitrogens is 1. The van der Waals surface area contributed by atoms with Crippen LogP contribution in [0.5, 0.6) is 0 Å². The van der Waals surface area contributed by atoms with Crippen LogP contribution in [0.4, 0.5) is 13.2 Å². The summed E-state index contributed by atoms with van der Waals surface area (Å²) in [6.07, 6.45) is -2.66. The van der Waals surface area contributed by atoms with Gasteiger partial charge in [-0.2, -0.15) is 13.2 Å². The first-order valence-electron chi connectivity index (χ1n) is 8.27. The van der Waals surface area contributed by atoms with Gasteiger partial charge in [0.1, 0.15) is 6.61 Å². The van der Waals surface area contributed by atoms with Crippen LogP contribution in [0.3, 0.4) is 0 Å². The van der Waals surface area contributed by atoms with Crippen LogP contribution in [0.1, 0.15) is 21.5 Å². The lowest BCUT2D eigenvalue weighted by molar-refractivity contribution is -0.176. The highest BCUT2D eigenvalue weighted by molar-refractivity contribution is 6.06. The molecule has 140 valence electrons. The van der Waals surface area contributed by atoms with E-state index in [2.05, 4.69) is 15.0 Å². The Hall–Kier alpha value is -2.93. The van der Waals surface area contributed by atoms with Crippen molar-refractivity contribution in [3.63, 3.8) is 0 Å². The number of amides is 1.